The number of nitrogens with zero attached hydrogens (tertiary/aromatic N) is 1. The van der Waals surface area contributed by atoms with Crippen molar-refractivity contribution in [3.8, 4) is 55.6 Å². The van der Waals surface area contributed by atoms with Crippen molar-refractivity contribution in [2.75, 3.05) is 4.90 Å². The zero-order valence-corrected chi connectivity index (χ0v) is 33.9. The van der Waals surface area contributed by atoms with Crippen LogP contribution in [0.1, 0.15) is 25.0 Å². The van der Waals surface area contributed by atoms with E-state index in [1.807, 2.05) is 11.3 Å². The molecule has 1 nitrogen and oxygen atoms in total. The molecule has 9 aromatic carbocycles. The highest BCUT2D eigenvalue weighted by Crippen LogP contribution is 2.52. The van der Waals surface area contributed by atoms with Crippen LogP contribution in [0.25, 0.3) is 75.8 Å². The number of thiophene rings is 1. The summed E-state index contributed by atoms with van der Waals surface area (Å²) < 4.78 is 2.62. The highest BCUT2D eigenvalue weighted by atomic mass is 32.1. The number of rotatable bonds is 7. The molecule has 0 fully saturated rings. The minimum atomic E-state index is -0.202. The molecular formula is C57H41NS. The maximum Gasteiger partial charge on any atom is 0.0540 e. The Morgan fingerprint density at radius 2 is 0.814 bits per heavy atom. The number of hydrogen-bond donors (Lipinski definition) is 0. The Kier molecular flexibility index (Phi) is 8.43. The third kappa shape index (κ3) is 6.07. The van der Waals surface area contributed by atoms with Crippen LogP contribution in [-0.4, -0.2) is 0 Å². The van der Waals surface area contributed by atoms with Gasteiger partial charge in [-0.25, -0.2) is 0 Å². The van der Waals surface area contributed by atoms with Crippen LogP contribution in [-0.2, 0) is 5.41 Å². The van der Waals surface area contributed by atoms with Crippen molar-refractivity contribution in [2.24, 2.45) is 0 Å². The van der Waals surface area contributed by atoms with Crippen LogP contribution in [0, 0.1) is 0 Å². The van der Waals surface area contributed by atoms with E-state index in [0.717, 1.165) is 17.1 Å². The molecule has 0 aliphatic heterocycles. The maximum absolute atomic E-state index is 2.48. The molecule has 0 N–H and O–H groups in total. The quantitative estimate of drug-likeness (QED) is 0.156. The monoisotopic (exact) mass is 771 g/mol. The first-order valence-electron chi connectivity index (χ1n) is 20.4. The average molecular weight is 772 g/mol. The van der Waals surface area contributed by atoms with Crippen molar-refractivity contribution in [1.29, 1.82) is 0 Å². The molecule has 1 aromatic heterocycles. The van der Waals surface area contributed by atoms with Gasteiger partial charge in [-0.15, -0.1) is 11.3 Å². The van der Waals surface area contributed by atoms with E-state index in [1.165, 1.54) is 86.9 Å². The van der Waals surface area contributed by atoms with Crippen LogP contribution >= 0.6 is 11.3 Å². The summed E-state index contributed by atoms with van der Waals surface area (Å²) in [7, 11) is 0. The van der Waals surface area contributed by atoms with Crippen LogP contribution in [0.4, 0.5) is 17.1 Å². The maximum atomic E-state index is 2.48. The highest BCUT2D eigenvalue weighted by molar-refractivity contribution is 7.25. The summed E-state index contributed by atoms with van der Waals surface area (Å²) in [6, 6.07) is 78.1. The Bertz CT molecular complexity index is 3160. The van der Waals surface area contributed by atoms with Gasteiger partial charge in [0.05, 0.1) is 5.69 Å². The van der Waals surface area contributed by atoms with E-state index in [2.05, 4.69) is 231 Å². The second kappa shape index (κ2) is 14.1. The molecule has 1 heterocycles. The fourth-order valence-electron chi connectivity index (χ4n) is 9.20. The van der Waals surface area contributed by atoms with Gasteiger partial charge in [-0.2, -0.15) is 0 Å². The van der Waals surface area contributed by atoms with E-state index in [-0.39, 0.29) is 5.41 Å². The lowest BCUT2D eigenvalue weighted by Gasteiger charge is -2.30. The van der Waals surface area contributed by atoms with Gasteiger partial charge in [0.25, 0.3) is 0 Å². The van der Waals surface area contributed by atoms with Gasteiger partial charge >= 0.3 is 0 Å². The largest absolute Gasteiger partial charge is 0.310 e. The molecular weight excluding hydrogens is 731 g/mol. The van der Waals surface area contributed by atoms with Crippen molar-refractivity contribution >= 4 is 48.6 Å². The van der Waals surface area contributed by atoms with Gasteiger partial charge in [0.2, 0.25) is 0 Å². The molecule has 10 aromatic rings. The summed E-state index contributed by atoms with van der Waals surface area (Å²) in [5.41, 5.74) is 18.3. The predicted molar refractivity (Wildman–Crippen MR) is 253 cm³/mol. The molecule has 1 aliphatic carbocycles. The van der Waals surface area contributed by atoms with Crippen molar-refractivity contribution < 1.29 is 0 Å². The van der Waals surface area contributed by atoms with E-state index in [9.17, 15) is 0 Å². The SMILES string of the molecule is CC1(C)c2cc(-c3ccc(-c4ccccc4)cc3)ccc2-c2ccc(N(c3ccc4sc5ccccc5c4c3)c3ccccc3-c3ccc(-c4ccccc4)cc3)cc21. The molecule has 1 aliphatic rings. The van der Waals surface area contributed by atoms with Gasteiger partial charge in [-0.3, -0.25) is 0 Å². The lowest BCUT2D eigenvalue weighted by Crippen LogP contribution is -2.17. The Labute approximate surface area is 350 Å². The van der Waals surface area contributed by atoms with Crippen LogP contribution in [0.15, 0.2) is 212 Å². The molecule has 0 radical (unpaired) electrons. The van der Waals surface area contributed by atoms with Gasteiger partial charge in [0, 0.05) is 42.5 Å². The van der Waals surface area contributed by atoms with Crippen molar-refractivity contribution in [3.05, 3.63) is 223 Å². The Balaban J connectivity index is 1.03. The molecule has 0 bridgehead atoms. The molecule has 11 rings (SSSR count). The molecule has 280 valence electrons. The summed E-state index contributed by atoms with van der Waals surface area (Å²) in [5.74, 6) is 0. The molecule has 0 saturated heterocycles. The van der Waals surface area contributed by atoms with E-state index in [0.29, 0.717) is 0 Å². The van der Waals surface area contributed by atoms with E-state index in [4.69, 9.17) is 0 Å². The van der Waals surface area contributed by atoms with Crippen LogP contribution in [0.2, 0.25) is 0 Å². The fraction of sp³-hybridized carbons (Fsp3) is 0.0526. The van der Waals surface area contributed by atoms with E-state index < -0.39 is 0 Å². The molecule has 2 heteroatoms. The van der Waals surface area contributed by atoms with Crippen LogP contribution < -0.4 is 4.90 Å². The normalized spacial score (nSPS) is 12.7. The minimum Gasteiger partial charge on any atom is -0.310 e. The Hall–Kier alpha value is -7.00. The van der Waals surface area contributed by atoms with Crippen molar-refractivity contribution in [2.45, 2.75) is 19.3 Å². The fourth-order valence-corrected chi connectivity index (χ4v) is 10.3. The Morgan fingerprint density at radius 3 is 1.51 bits per heavy atom. The third-order valence-electron chi connectivity index (χ3n) is 12.3. The first kappa shape index (κ1) is 35.2. The number of para-hydroxylation sites is 1. The summed E-state index contributed by atoms with van der Waals surface area (Å²) in [5, 5.41) is 2.59. The van der Waals surface area contributed by atoms with Gasteiger partial charge in [0.1, 0.15) is 0 Å². The first-order valence-corrected chi connectivity index (χ1v) is 21.2. The van der Waals surface area contributed by atoms with Gasteiger partial charge in [-0.1, -0.05) is 178 Å². The molecule has 0 saturated carbocycles. The lowest BCUT2D eigenvalue weighted by atomic mass is 9.81. The highest BCUT2D eigenvalue weighted by Gasteiger charge is 2.36. The molecule has 0 amide bonds. The van der Waals surface area contributed by atoms with Crippen LogP contribution in [0.5, 0.6) is 0 Å². The Morgan fingerprint density at radius 1 is 0.339 bits per heavy atom. The van der Waals surface area contributed by atoms with Crippen LogP contribution in [0.3, 0.4) is 0 Å². The first-order chi connectivity index (χ1) is 29.0. The molecule has 59 heavy (non-hydrogen) atoms. The van der Waals surface area contributed by atoms with Gasteiger partial charge in [-0.05, 0) is 110 Å². The zero-order chi connectivity index (χ0) is 39.5. The van der Waals surface area contributed by atoms with E-state index >= 15 is 0 Å². The summed E-state index contributed by atoms with van der Waals surface area (Å²) in [6.07, 6.45) is 0. The average Bonchev–Trinajstić information content (AvgIpc) is 3.78. The molecule has 0 unspecified atom stereocenters. The summed E-state index contributed by atoms with van der Waals surface area (Å²) in [6.45, 7) is 4.78. The second-order valence-corrected chi connectivity index (χ2v) is 17.2. The summed E-state index contributed by atoms with van der Waals surface area (Å²) >= 11 is 1.86. The number of fused-ring (bicyclic) bond motifs is 6. The van der Waals surface area contributed by atoms with Crippen molar-refractivity contribution in [1.82, 2.24) is 0 Å². The smallest absolute Gasteiger partial charge is 0.0540 e. The van der Waals surface area contributed by atoms with E-state index in [1.54, 1.807) is 0 Å². The van der Waals surface area contributed by atoms with Gasteiger partial charge in [0.15, 0.2) is 0 Å². The molecule has 0 spiro atoms. The topological polar surface area (TPSA) is 3.24 Å². The zero-order valence-electron chi connectivity index (χ0n) is 33.1. The number of anilines is 3. The lowest BCUT2D eigenvalue weighted by molar-refractivity contribution is 0.660. The van der Waals surface area contributed by atoms with Crippen molar-refractivity contribution in [3.63, 3.8) is 0 Å². The minimum absolute atomic E-state index is 0.202. The standard InChI is InChI=1S/C57H41NS/c1-57(2)52-35-44(42-23-21-40(22-24-42)38-13-5-3-6-14-38)29-32-48(52)49-33-30-46(37-53(49)57)58(45-31-34-56-51(36-45)50-18-10-12-20-55(50)59-56)54-19-11-9-17-47(54)43-27-25-41(26-28-43)39-15-7-4-8-16-39/h3-37H,1-2H3. The second-order valence-electron chi connectivity index (χ2n) is 16.1. The summed E-state index contributed by atoms with van der Waals surface area (Å²) in [4.78, 5) is 2.48. The van der Waals surface area contributed by atoms with Gasteiger partial charge < -0.3 is 4.90 Å². The number of hydrogen-bond acceptors (Lipinski definition) is 2. The number of benzene rings is 9. The molecule has 0 atom stereocenters. The third-order valence-corrected chi connectivity index (χ3v) is 13.5. The predicted octanol–water partition coefficient (Wildman–Crippen LogP) is 16.5.